The number of rotatable bonds is 4. The summed E-state index contributed by atoms with van der Waals surface area (Å²) in [5, 5.41) is 12.0. The van der Waals surface area contributed by atoms with Crippen LogP contribution in [-0.4, -0.2) is 36.2 Å². The van der Waals surface area contributed by atoms with Crippen molar-refractivity contribution < 1.29 is 19.4 Å². The Morgan fingerprint density at radius 3 is 2.69 bits per heavy atom. The molecule has 1 fully saturated rings. The molecule has 1 rings (SSSR count). The summed E-state index contributed by atoms with van der Waals surface area (Å²) < 4.78 is 4.61. The van der Waals surface area contributed by atoms with E-state index in [1.54, 1.807) is 6.92 Å². The summed E-state index contributed by atoms with van der Waals surface area (Å²) in [4.78, 5) is 22.1. The number of esters is 1. The van der Waals surface area contributed by atoms with Crippen LogP contribution in [0.1, 0.15) is 32.6 Å². The van der Waals surface area contributed by atoms with Crippen LogP contribution in [0, 0.1) is 5.92 Å². The van der Waals surface area contributed by atoms with Crippen LogP contribution in [-0.2, 0) is 14.3 Å². The molecule has 92 valence electrons. The number of ether oxygens (including phenoxy) is 1. The van der Waals surface area contributed by atoms with E-state index in [4.69, 9.17) is 5.11 Å². The summed E-state index contributed by atoms with van der Waals surface area (Å²) in [5.41, 5.74) is 0. The van der Waals surface area contributed by atoms with Crippen molar-refractivity contribution in [2.75, 3.05) is 7.11 Å². The highest BCUT2D eigenvalue weighted by atomic mass is 16.5. The molecular weight excluding hydrogens is 210 g/mol. The van der Waals surface area contributed by atoms with Crippen LogP contribution in [0.15, 0.2) is 0 Å². The van der Waals surface area contributed by atoms with Crippen LogP contribution in [0.4, 0.5) is 0 Å². The third-order valence-electron chi connectivity index (χ3n) is 3.06. The topological polar surface area (TPSA) is 75.6 Å². The maximum absolute atomic E-state index is 11.2. The smallest absolute Gasteiger partial charge is 0.322 e. The normalized spacial score (nSPS) is 27.1. The summed E-state index contributed by atoms with van der Waals surface area (Å²) in [5.74, 6) is -1.33. The minimum absolute atomic E-state index is 0.101. The predicted molar refractivity (Wildman–Crippen MR) is 58.0 cm³/mol. The molecule has 1 aliphatic rings. The molecule has 0 aromatic rings. The van der Waals surface area contributed by atoms with E-state index in [-0.39, 0.29) is 24.0 Å². The number of carboxylic acid groups (broad SMARTS) is 1. The third-order valence-corrected chi connectivity index (χ3v) is 3.06. The lowest BCUT2D eigenvalue weighted by Gasteiger charge is -2.29. The number of hydrogen-bond donors (Lipinski definition) is 2. The molecular formula is C11H19NO4. The molecule has 3 atom stereocenters. The molecule has 0 spiro atoms. The zero-order chi connectivity index (χ0) is 12.1. The number of aliphatic carboxylic acids is 1. The van der Waals surface area contributed by atoms with Crippen LogP contribution < -0.4 is 5.32 Å². The van der Waals surface area contributed by atoms with Crippen LogP contribution in [0.3, 0.4) is 0 Å². The Morgan fingerprint density at radius 1 is 1.44 bits per heavy atom. The average molecular weight is 229 g/mol. The first-order chi connectivity index (χ1) is 7.54. The van der Waals surface area contributed by atoms with E-state index in [2.05, 4.69) is 10.1 Å². The van der Waals surface area contributed by atoms with Gasteiger partial charge in [0.1, 0.15) is 6.04 Å². The summed E-state index contributed by atoms with van der Waals surface area (Å²) in [6.07, 6.45) is 3.14. The van der Waals surface area contributed by atoms with Gasteiger partial charge in [0.05, 0.1) is 13.0 Å². The summed E-state index contributed by atoms with van der Waals surface area (Å²) in [6.45, 7) is 1.73. The van der Waals surface area contributed by atoms with E-state index in [1.807, 2.05) is 0 Å². The van der Waals surface area contributed by atoms with Gasteiger partial charge in [0, 0.05) is 6.04 Å². The number of carbonyl (C=O) groups excluding carboxylic acids is 1. The molecule has 0 aliphatic heterocycles. The second-order valence-electron chi connectivity index (χ2n) is 4.31. The van der Waals surface area contributed by atoms with E-state index < -0.39 is 5.97 Å². The van der Waals surface area contributed by atoms with Gasteiger partial charge in [-0.2, -0.15) is 0 Å². The van der Waals surface area contributed by atoms with Crippen molar-refractivity contribution in [3.63, 3.8) is 0 Å². The average Bonchev–Trinajstić information content (AvgIpc) is 2.28. The Bertz CT molecular complexity index is 267. The van der Waals surface area contributed by atoms with E-state index in [0.717, 1.165) is 19.3 Å². The van der Waals surface area contributed by atoms with Gasteiger partial charge in [-0.3, -0.25) is 9.59 Å². The third kappa shape index (κ3) is 3.48. The van der Waals surface area contributed by atoms with Crippen molar-refractivity contribution in [2.24, 2.45) is 5.92 Å². The SMILES string of the molecule is COC(=O)C(C)NC1CCCC(C(=O)O)C1. The van der Waals surface area contributed by atoms with Crippen molar-refractivity contribution in [2.45, 2.75) is 44.7 Å². The first-order valence-electron chi connectivity index (χ1n) is 5.61. The molecule has 5 nitrogen and oxygen atoms in total. The van der Waals surface area contributed by atoms with Gasteiger partial charge in [0.25, 0.3) is 0 Å². The molecule has 5 heteroatoms. The van der Waals surface area contributed by atoms with Crippen molar-refractivity contribution in [1.82, 2.24) is 5.32 Å². The first-order valence-corrected chi connectivity index (χ1v) is 5.61. The minimum Gasteiger partial charge on any atom is -0.481 e. The van der Waals surface area contributed by atoms with Crippen LogP contribution in [0.25, 0.3) is 0 Å². The van der Waals surface area contributed by atoms with E-state index >= 15 is 0 Å². The van der Waals surface area contributed by atoms with Gasteiger partial charge in [0.15, 0.2) is 0 Å². The fraction of sp³-hybridized carbons (Fsp3) is 0.818. The second kappa shape index (κ2) is 5.84. The molecule has 1 saturated carbocycles. The monoisotopic (exact) mass is 229 g/mol. The van der Waals surface area contributed by atoms with Crippen molar-refractivity contribution in [3.05, 3.63) is 0 Å². The lowest BCUT2D eigenvalue weighted by atomic mass is 9.85. The zero-order valence-electron chi connectivity index (χ0n) is 9.73. The van der Waals surface area contributed by atoms with Crippen LogP contribution in [0.2, 0.25) is 0 Å². The molecule has 0 aromatic heterocycles. The Balaban J connectivity index is 2.42. The molecule has 0 saturated heterocycles. The second-order valence-corrected chi connectivity index (χ2v) is 4.31. The Kier molecular flexibility index (Phi) is 4.73. The highest BCUT2D eigenvalue weighted by Crippen LogP contribution is 2.24. The van der Waals surface area contributed by atoms with Crippen molar-refractivity contribution in [1.29, 1.82) is 0 Å². The fourth-order valence-corrected chi connectivity index (χ4v) is 2.16. The zero-order valence-corrected chi connectivity index (χ0v) is 9.73. The molecule has 0 heterocycles. The van der Waals surface area contributed by atoms with Crippen LogP contribution in [0.5, 0.6) is 0 Å². The quantitative estimate of drug-likeness (QED) is 0.697. The van der Waals surface area contributed by atoms with Gasteiger partial charge < -0.3 is 15.2 Å². The Labute approximate surface area is 95.2 Å². The number of hydrogen-bond acceptors (Lipinski definition) is 4. The maximum Gasteiger partial charge on any atom is 0.322 e. The van der Waals surface area contributed by atoms with Gasteiger partial charge in [0.2, 0.25) is 0 Å². The lowest BCUT2D eigenvalue weighted by Crippen LogP contribution is -2.44. The molecule has 1 aliphatic carbocycles. The Hall–Kier alpha value is -1.10. The number of nitrogens with one attached hydrogen (secondary N) is 1. The molecule has 0 amide bonds. The largest absolute Gasteiger partial charge is 0.481 e. The predicted octanol–water partition coefficient (Wildman–Crippen LogP) is 0.781. The van der Waals surface area contributed by atoms with Gasteiger partial charge in [-0.15, -0.1) is 0 Å². The molecule has 2 N–H and O–H groups in total. The van der Waals surface area contributed by atoms with E-state index in [0.29, 0.717) is 6.42 Å². The highest BCUT2D eigenvalue weighted by Gasteiger charge is 2.28. The summed E-state index contributed by atoms with van der Waals surface area (Å²) >= 11 is 0. The molecule has 0 bridgehead atoms. The summed E-state index contributed by atoms with van der Waals surface area (Å²) in [6, 6.07) is -0.272. The molecule has 16 heavy (non-hydrogen) atoms. The molecule has 0 radical (unpaired) electrons. The first kappa shape index (κ1) is 13.0. The van der Waals surface area contributed by atoms with Gasteiger partial charge in [-0.1, -0.05) is 6.42 Å². The van der Waals surface area contributed by atoms with Gasteiger partial charge >= 0.3 is 11.9 Å². The maximum atomic E-state index is 11.2. The number of carbonyl (C=O) groups is 2. The highest BCUT2D eigenvalue weighted by molar-refractivity contribution is 5.75. The molecule has 3 unspecified atom stereocenters. The van der Waals surface area contributed by atoms with E-state index in [1.165, 1.54) is 7.11 Å². The molecule has 0 aromatic carbocycles. The number of carboxylic acids is 1. The minimum atomic E-state index is -0.739. The standard InChI is InChI=1S/C11H19NO4/c1-7(11(15)16-2)12-9-5-3-4-8(6-9)10(13)14/h7-9,12H,3-6H2,1-2H3,(H,13,14). The number of methoxy groups -OCH3 is 1. The van der Waals surface area contributed by atoms with Crippen molar-refractivity contribution >= 4 is 11.9 Å². The summed E-state index contributed by atoms with van der Waals surface area (Å²) in [7, 11) is 1.35. The lowest BCUT2D eigenvalue weighted by molar-refractivity contribution is -0.143. The van der Waals surface area contributed by atoms with Gasteiger partial charge in [-0.05, 0) is 26.2 Å². The van der Waals surface area contributed by atoms with Crippen molar-refractivity contribution in [3.8, 4) is 0 Å². The Morgan fingerprint density at radius 2 is 2.12 bits per heavy atom. The van der Waals surface area contributed by atoms with Crippen LogP contribution >= 0.6 is 0 Å². The fourth-order valence-electron chi connectivity index (χ4n) is 2.16. The van der Waals surface area contributed by atoms with Gasteiger partial charge in [-0.25, -0.2) is 0 Å². The van der Waals surface area contributed by atoms with E-state index in [9.17, 15) is 9.59 Å².